The van der Waals surface area contributed by atoms with Gasteiger partial charge in [-0.05, 0) is 57.4 Å². The number of thiophene rings is 1. The maximum atomic E-state index is 12.7. The summed E-state index contributed by atoms with van der Waals surface area (Å²) in [5.74, 6) is -1.32. The molecule has 0 bridgehead atoms. The van der Waals surface area contributed by atoms with Crippen LogP contribution in [-0.2, 0) is 16.1 Å². The minimum Gasteiger partial charge on any atom is -0.489 e. The van der Waals surface area contributed by atoms with E-state index in [2.05, 4.69) is 47.9 Å². The number of benzene rings is 1. The van der Waals surface area contributed by atoms with Gasteiger partial charge in [-0.25, -0.2) is 9.59 Å². The Labute approximate surface area is 227 Å². The number of carboxylic acids is 2. The largest absolute Gasteiger partial charge is 0.489 e. The Balaban J connectivity index is 0.000000436. The highest BCUT2D eigenvalue weighted by Crippen LogP contribution is 2.30. The van der Waals surface area contributed by atoms with E-state index < -0.39 is 11.9 Å². The molecule has 38 heavy (non-hydrogen) atoms. The number of carbonyl (C=O) groups excluding carboxylic acids is 1. The van der Waals surface area contributed by atoms with Gasteiger partial charge >= 0.3 is 11.9 Å². The molecule has 2 aromatic rings. The van der Waals surface area contributed by atoms with Gasteiger partial charge in [0.2, 0.25) is 0 Å². The lowest BCUT2D eigenvalue weighted by Crippen LogP contribution is -2.46. The van der Waals surface area contributed by atoms with E-state index in [4.69, 9.17) is 14.9 Å². The number of carboxylic acid groups (broad SMARTS) is 2. The number of rotatable bonds is 8. The Morgan fingerprint density at radius 2 is 1.53 bits per heavy atom. The Morgan fingerprint density at radius 1 is 0.895 bits per heavy atom. The number of piperazine rings is 1. The van der Waals surface area contributed by atoms with E-state index in [1.807, 2.05) is 17.0 Å². The van der Waals surface area contributed by atoms with Crippen molar-refractivity contribution in [3.63, 3.8) is 0 Å². The first-order chi connectivity index (χ1) is 18.2. The number of nitrogens with zero attached hydrogens (tertiary/aromatic N) is 3. The second kappa shape index (κ2) is 14.5. The van der Waals surface area contributed by atoms with Gasteiger partial charge in [-0.15, -0.1) is 11.3 Å². The maximum Gasteiger partial charge on any atom is 0.328 e. The number of carbonyl (C=O) groups is 3. The van der Waals surface area contributed by atoms with E-state index in [0.717, 1.165) is 69.3 Å². The molecule has 206 valence electrons. The normalized spacial score (nSPS) is 16.3. The van der Waals surface area contributed by atoms with Crippen LogP contribution in [0.4, 0.5) is 5.69 Å². The second-order valence-electron chi connectivity index (χ2n) is 9.53. The van der Waals surface area contributed by atoms with Crippen molar-refractivity contribution in [1.82, 2.24) is 9.80 Å². The van der Waals surface area contributed by atoms with Crippen molar-refractivity contribution < 1.29 is 29.3 Å². The summed E-state index contributed by atoms with van der Waals surface area (Å²) in [6.45, 7) is 10.9. The van der Waals surface area contributed by atoms with Gasteiger partial charge in [0.25, 0.3) is 5.91 Å². The van der Waals surface area contributed by atoms with E-state index >= 15 is 0 Å². The average molecular weight is 544 g/mol. The molecule has 0 saturated carbocycles. The molecule has 3 heterocycles. The van der Waals surface area contributed by atoms with Crippen LogP contribution in [0, 0.1) is 0 Å². The minimum absolute atomic E-state index is 0.174. The highest BCUT2D eigenvalue weighted by molar-refractivity contribution is 7.14. The van der Waals surface area contributed by atoms with E-state index in [9.17, 15) is 14.4 Å². The van der Waals surface area contributed by atoms with Crippen molar-refractivity contribution in [2.45, 2.75) is 45.8 Å². The van der Waals surface area contributed by atoms with Crippen molar-refractivity contribution in [3.05, 3.63) is 58.3 Å². The van der Waals surface area contributed by atoms with Gasteiger partial charge in [0.15, 0.2) is 0 Å². The fourth-order valence-corrected chi connectivity index (χ4v) is 5.43. The zero-order valence-electron chi connectivity index (χ0n) is 22.0. The summed E-state index contributed by atoms with van der Waals surface area (Å²) in [7, 11) is 0. The molecule has 1 amide bonds. The number of hydrogen-bond donors (Lipinski definition) is 2. The highest BCUT2D eigenvalue weighted by atomic mass is 32.1. The van der Waals surface area contributed by atoms with Gasteiger partial charge in [0.05, 0.1) is 16.7 Å². The first-order valence-electron chi connectivity index (χ1n) is 13.0. The van der Waals surface area contributed by atoms with Crippen LogP contribution >= 0.6 is 11.3 Å². The lowest BCUT2D eigenvalue weighted by Gasteiger charge is -2.36. The molecule has 0 aliphatic carbocycles. The number of amides is 1. The van der Waals surface area contributed by atoms with Crippen molar-refractivity contribution in [2.75, 3.05) is 44.2 Å². The Bertz CT molecular complexity index is 1090. The molecule has 0 atom stereocenters. The molecule has 2 saturated heterocycles. The standard InChI is InChI=1S/C24H33N3O2S.C4H4O4/c1-19(2)29-22-9-5-4-8-21(22)26-16-14-25(15-17-26)18-20-10-11-23(30-20)24(28)27-12-6-3-7-13-27;5-3(6)1-2-4(7)8/h4-5,8-11,19H,3,6-7,12-18H2,1-2H3;1-2H,(H,5,6)(H,7,8). The monoisotopic (exact) mass is 543 g/mol. The predicted molar refractivity (Wildman–Crippen MR) is 148 cm³/mol. The summed E-state index contributed by atoms with van der Waals surface area (Å²) < 4.78 is 6.01. The molecular formula is C28H37N3O6S. The van der Waals surface area contributed by atoms with Crippen LogP contribution in [0.15, 0.2) is 48.6 Å². The van der Waals surface area contributed by atoms with Crippen molar-refractivity contribution in [1.29, 1.82) is 0 Å². The fourth-order valence-electron chi connectivity index (χ4n) is 4.41. The van der Waals surface area contributed by atoms with Gasteiger partial charge in [-0.2, -0.15) is 0 Å². The first kappa shape index (κ1) is 29.2. The van der Waals surface area contributed by atoms with Gasteiger partial charge in [0, 0.05) is 62.8 Å². The minimum atomic E-state index is -1.26. The molecule has 1 aromatic carbocycles. The number of piperidine rings is 1. The smallest absolute Gasteiger partial charge is 0.328 e. The Kier molecular flexibility index (Phi) is 11.2. The zero-order chi connectivity index (χ0) is 27.5. The molecule has 10 heteroatoms. The molecule has 2 N–H and O–H groups in total. The third-order valence-electron chi connectivity index (χ3n) is 6.20. The van der Waals surface area contributed by atoms with Crippen LogP contribution < -0.4 is 9.64 Å². The maximum absolute atomic E-state index is 12.7. The SMILES string of the molecule is CC(C)Oc1ccccc1N1CCN(Cc2ccc(C(=O)N3CCCCC3)s2)CC1.O=C(O)C=CC(=O)O. The Hall–Kier alpha value is -3.37. The Morgan fingerprint density at radius 3 is 2.13 bits per heavy atom. The lowest BCUT2D eigenvalue weighted by molar-refractivity contribution is -0.134. The van der Waals surface area contributed by atoms with Crippen LogP contribution in [-0.4, -0.2) is 83.2 Å². The van der Waals surface area contributed by atoms with Crippen LogP contribution in [0.3, 0.4) is 0 Å². The quantitative estimate of drug-likeness (QED) is 0.477. The topological polar surface area (TPSA) is 111 Å². The zero-order valence-corrected chi connectivity index (χ0v) is 22.9. The van der Waals surface area contributed by atoms with Crippen LogP contribution in [0.25, 0.3) is 0 Å². The van der Waals surface area contributed by atoms with Crippen molar-refractivity contribution >= 4 is 34.9 Å². The number of likely N-dealkylation sites (tertiary alicyclic amines) is 1. The number of ether oxygens (including phenoxy) is 1. The predicted octanol–water partition coefficient (Wildman–Crippen LogP) is 4.20. The van der Waals surface area contributed by atoms with E-state index in [-0.39, 0.29) is 12.0 Å². The fraction of sp³-hybridized carbons (Fsp3) is 0.464. The van der Waals surface area contributed by atoms with Gasteiger partial charge in [0.1, 0.15) is 5.75 Å². The lowest BCUT2D eigenvalue weighted by atomic mass is 10.1. The first-order valence-corrected chi connectivity index (χ1v) is 13.8. The van der Waals surface area contributed by atoms with E-state index in [1.54, 1.807) is 11.3 Å². The molecule has 2 aliphatic rings. The average Bonchev–Trinajstić information content (AvgIpc) is 3.37. The van der Waals surface area contributed by atoms with Crippen LogP contribution in [0.1, 0.15) is 47.7 Å². The molecule has 9 nitrogen and oxygen atoms in total. The summed E-state index contributed by atoms with van der Waals surface area (Å²) in [5.41, 5.74) is 1.19. The highest BCUT2D eigenvalue weighted by Gasteiger charge is 2.22. The van der Waals surface area contributed by atoms with E-state index in [1.165, 1.54) is 17.0 Å². The third kappa shape index (κ3) is 9.18. The molecule has 0 unspecified atom stereocenters. The third-order valence-corrected chi connectivity index (χ3v) is 7.26. The molecule has 2 aliphatic heterocycles. The van der Waals surface area contributed by atoms with Crippen LogP contribution in [0.2, 0.25) is 0 Å². The number of anilines is 1. The van der Waals surface area contributed by atoms with Gasteiger partial charge in [-0.1, -0.05) is 12.1 Å². The van der Waals surface area contributed by atoms with Gasteiger partial charge in [-0.3, -0.25) is 9.69 Å². The molecule has 0 radical (unpaired) electrons. The second-order valence-corrected chi connectivity index (χ2v) is 10.7. The molecule has 1 aromatic heterocycles. The number of para-hydroxylation sites is 2. The molecule has 0 spiro atoms. The summed E-state index contributed by atoms with van der Waals surface area (Å²) in [4.78, 5) is 40.9. The summed E-state index contributed by atoms with van der Waals surface area (Å²) in [6.07, 6.45) is 4.82. The number of aliphatic carboxylic acids is 2. The van der Waals surface area contributed by atoms with Gasteiger partial charge < -0.3 is 24.7 Å². The summed E-state index contributed by atoms with van der Waals surface area (Å²) in [6, 6.07) is 12.5. The van der Waals surface area contributed by atoms with Crippen molar-refractivity contribution in [3.8, 4) is 5.75 Å². The molecule has 4 rings (SSSR count). The summed E-state index contributed by atoms with van der Waals surface area (Å²) in [5, 5.41) is 15.6. The van der Waals surface area contributed by atoms with E-state index in [0.29, 0.717) is 12.2 Å². The number of hydrogen-bond acceptors (Lipinski definition) is 7. The summed E-state index contributed by atoms with van der Waals surface area (Å²) >= 11 is 1.67. The molecule has 2 fully saturated rings. The van der Waals surface area contributed by atoms with Crippen LogP contribution in [0.5, 0.6) is 5.75 Å². The van der Waals surface area contributed by atoms with Crippen molar-refractivity contribution in [2.24, 2.45) is 0 Å². The molecular weight excluding hydrogens is 506 g/mol.